The molecule has 21 heavy (non-hydrogen) atoms. The van der Waals surface area contributed by atoms with E-state index in [9.17, 15) is 4.79 Å². The molecular weight excluding hydrogens is 280 g/mol. The monoisotopic (exact) mass is 302 g/mol. The Bertz CT molecular complexity index is 629. The first-order chi connectivity index (χ1) is 9.88. The number of nitrogens with two attached hydrogens (primary N) is 1. The third kappa shape index (κ3) is 3.64. The number of carbonyl (C=O) groups is 1. The molecule has 2 aromatic rings. The van der Waals surface area contributed by atoms with Crippen LogP contribution in [0.3, 0.4) is 0 Å². The van der Waals surface area contributed by atoms with Gasteiger partial charge in [-0.25, -0.2) is 0 Å². The highest BCUT2D eigenvalue weighted by atomic mass is 32.1. The van der Waals surface area contributed by atoms with E-state index in [1.54, 1.807) is 0 Å². The lowest BCUT2D eigenvalue weighted by atomic mass is 10.1. The van der Waals surface area contributed by atoms with Gasteiger partial charge in [-0.1, -0.05) is 43.7 Å². The molecule has 4 heteroatoms. The molecule has 0 atom stereocenters. The Balaban J connectivity index is 2.16. The molecule has 0 fully saturated rings. The number of hydrogen-bond acceptors (Lipinski definition) is 4. The molecule has 0 aliphatic heterocycles. The van der Waals surface area contributed by atoms with Crippen LogP contribution in [0, 0.1) is 12.8 Å². The molecule has 0 unspecified atom stereocenters. The third-order valence-corrected chi connectivity index (χ3v) is 4.69. The molecule has 3 nitrogen and oxygen atoms in total. The molecule has 2 rings (SSSR count). The first-order valence-electron chi connectivity index (χ1n) is 7.08. The maximum atomic E-state index is 12.1. The highest BCUT2D eigenvalue weighted by Gasteiger charge is 2.18. The van der Waals surface area contributed by atoms with Crippen LogP contribution in [0.5, 0.6) is 0 Å². The number of nitrogen functional groups attached to an aromatic ring is 1. The van der Waals surface area contributed by atoms with Crippen molar-refractivity contribution in [3.8, 4) is 0 Å². The fourth-order valence-corrected chi connectivity index (χ4v) is 3.21. The van der Waals surface area contributed by atoms with Crippen LogP contribution in [-0.2, 0) is 6.54 Å². The van der Waals surface area contributed by atoms with E-state index < -0.39 is 0 Å². The van der Waals surface area contributed by atoms with Crippen molar-refractivity contribution in [1.82, 2.24) is 0 Å². The molecule has 2 N–H and O–H groups in total. The number of Topliss-reactive ketones (excluding diaryl/α,β-unsaturated/α-hetero) is 1. The molecule has 0 saturated heterocycles. The average Bonchev–Trinajstić information content (AvgIpc) is 2.82. The van der Waals surface area contributed by atoms with Crippen LogP contribution in [0.2, 0.25) is 0 Å². The molecule has 1 aromatic carbocycles. The van der Waals surface area contributed by atoms with Crippen molar-refractivity contribution in [3.05, 3.63) is 46.3 Å². The Hall–Kier alpha value is -1.81. The summed E-state index contributed by atoms with van der Waals surface area (Å²) in [7, 11) is 2.02. The van der Waals surface area contributed by atoms with Crippen LogP contribution in [0.25, 0.3) is 0 Å². The number of ketones is 1. The van der Waals surface area contributed by atoms with Crippen molar-refractivity contribution in [2.75, 3.05) is 17.7 Å². The summed E-state index contributed by atoms with van der Waals surface area (Å²) in [5.74, 6) is 0.0914. The van der Waals surface area contributed by atoms with Crippen LogP contribution >= 0.6 is 11.3 Å². The predicted octanol–water partition coefficient (Wildman–Crippen LogP) is 4.11. The van der Waals surface area contributed by atoms with E-state index in [-0.39, 0.29) is 11.7 Å². The van der Waals surface area contributed by atoms with E-state index >= 15 is 0 Å². The standard InChI is InChI=1S/C17H22N2OS/c1-11(2)16(20)17-14(18)9-15(21-17)19(4)10-13-7-5-12(3)6-8-13/h5-9,11H,10,18H2,1-4H3. The van der Waals surface area contributed by atoms with Gasteiger partial charge in [-0.15, -0.1) is 11.3 Å². The molecule has 0 bridgehead atoms. The number of benzene rings is 1. The molecule has 0 aliphatic rings. The molecule has 0 aliphatic carbocycles. The molecular formula is C17H22N2OS. The Labute approximate surface area is 130 Å². The molecule has 0 saturated carbocycles. The number of aryl methyl sites for hydroxylation is 1. The van der Waals surface area contributed by atoms with Gasteiger partial charge in [0.05, 0.1) is 15.6 Å². The zero-order valence-electron chi connectivity index (χ0n) is 13.0. The van der Waals surface area contributed by atoms with E-state index in [4.69, 9.17) is 5.73 Å². The summed E-state index contributed by atoms with van der Waals surface area (Å²) in [4.78, 5) is 14.9. The van der Waals surface area contributed by atoms with Crippen LogP contribution < -0.4 is 10.6 Å². The van der Waals surface area contributed by atoms with Crippen LogP contribution in [-0.4, -0.2) is 12.8 Å². The maximum Gasteiger partial charge on any atom is 0.177 e. The zero-order valence-corrected chi connectivity index (χ0v) is 13.8. The van der Waals surface area contributed by atoms with E-state index in [1.165, 1.54) is 22.5 Å². The van der Waals surface area contributed by atoms with Crippen LogP contribution in [0.1, 0.15) is 34.6 Å². The summed E-state index contributed by atoms with van der Waals surface area (Å²) in [5.41, 5.74) is 9.08. The van der Waals surface area contributed by atoms with Crippen molar-refractivity contribution in [1.29, 1.82) is 0 Å². The fraction of sp³-hybridized carbons (Fsp3) is 0.353. The topological polar surface area (TPSA) is 46.3 Å². The second kappa shape index (κ2) is 6.31. The first kappa shape index (κ1) is 15.6. The first-order valence-corrected chi connectivity index (χ1v) is 7.90. The van der Waals surface area contributed by atoms with Gasteiger partial charge in [-0.05, 0) is 18.6 Å². The Morgan fingerprint density at radius 3 is 2.48 bits per heavy atom. The van der Waals surface area contributed by atoms with Crippen molar-refractivity contribution in [3.63, 3.8) is 0 Å². The maximum absolute atomic E-state index is 12.1. The minimum Gasteiger partial charge on any atom is -0.397 e. The molecule has 1 aromatic heterocycles. The number of nitrogens with zero attached hydrogens (tertiary/aromatic N) is 1. The number of rotatable bonds is 5. The Kier molecular flexibility index (Phi) is 4.68. The number of hydrogen-bond donors (Lipinski definition) is 1. The van der Waals surface area contributed by atoms with Crippen molar-refractivity contribution < 1.29 is 4.79 Å². The lowest BCUT2D eigenvalue weighted by molar-refractivity contribution is 0.0944. The van der Waals surface area contributed by atoms with Gasteiger partial charge >= 0.3 is 0 Å². The second-order valence-corrected chi connectivity index (χ2v) is 6.76. The fourth-order valence-electron chi connectivity index (χ4n) is 2.08. The summed E-state index contributed by atoms with van der Waals surface area (Å²) in [6.45, 7) is 6.68. The van der Waals surface area contributed by atoms with Crippen molar-refractivity contribution in [2.24, 2.45) is 5.92 Å². The van der Waals surface area contributed by atoms with E-state index in [0.29, 0.717) is 10.6 Å². The van der Waals surface area contributed by atoms with E-state index in [1.807, 2.05) is 27.0 Å². The van der Waals surface area contributed by atoms with Crippen LogP contribution in [0.15, 0.2) is 30.3 Å². The summed E-state index contributed by atoms with van der Waals surface area (Å²) in [6, 6.07) is 10.4. The van der Waals surface area contributed by atoms with Gasteiger partial charge in [0, 0.05) is 19.5 Å². The SMILES string of the molecule is Cc1ccc(CN(C)c2cc(N)c(C(=O)C(C)C)s2)cc1. The number of anilines is 2. The van der Waals surface area contributed by atoms with Crippen LogP contribution in [0.4, 0.5) is 10.7 Å². The van der Waals surface area contributed by atoms with Gasteiger partial charge < -0.3 is 10.6 Å². The normalized spacial score (nSPS) is 10.9. The Morgan fingerprint density at radius 2 is 1.90 bits per heavy atom. The number of carbonyl (C=O) groups excluding carboxylic acids is 1. The third-order valence-electron chi connectivity index (χ3n) is 3.41. The van der Waals surface area contributed by atoms with Gasteiger partial charge in [0.1, 0.15) is 0 Å². The van der Waals surface area contributed by atoms with Gasteiger partial charge in [-0.3, -0.25) is 4.79 Å². The lowest BCUT2D eigenvalue weighted by Crippen LogP contribution is -2.14. The highest BCUT2D eigenvalue weighted by Crippen LogP contribution is 2.33. The minimum absolute atomic E-state index is 0.0267. The van der Waals surface area contributed by atoms with Gasteiger partial charge in [0.15, 0.2) is 5.78 Å². The van der Waals surface area contributed by atoms with Gasteiger partial charge in [0.2, 0.25) is 0 Å². The zero-order chi connectivity index (χ0) is 15.6. The van der Waals surface area contributed by atoms with Crippen molar-refractivity contribution >= 4 is 27.8 Å². The molecule has 112 valence electrons. The Morgan fingerprint density at radius 1 is 1.29 bits per heavy atom. The lowest BCUT2D eigenvalue weighted by Gasteiger charge is -2.17. The quantitative estimate of drug-likeness (QED) is 0.845. The summed E-state index contributed by atoms with van der Waals surface area (Å²) < 4.78 is 0. The number of thiophene rings is 1. The minimum atomic E-state index is -0.0267. The summed E-state index contributed by atoms with van der Waals surface area (Å²) >= 11 is 1.48. The van der Waals surface area contributed by atoms with E-state index in [2.05, 4.69) is 36.1 Å². The molecule has 1 heterocycles. The van der Waals surface area contributed by atoms with Gasteiger partial charge in [0.25, 0.3) is 0 Å². The second-order valence-electron chi connectivity index (χ2n) is 5.73. The molecule has 0 spiro atoms. The smallest absolute Gasteiger partial charge is 0.177 e. The van der Waals surface area contributed by atoms with E-state index in [0.717, 1.165) is 11.5 Å². The largest absolute Gasteiger partial charge is 0.397 e. The predicted molar refractivity (Wildman–Crippen MR) is 91.2 cm³/mol. The average molecular weight is 302 g/mol. The van der Waals surface area contributed by atoms with Gasteiger partial charge in [-0.2, -0.15) is 0 Å². The van der Waals surface area contributed by atoms with Crippen molar-refractivity contribution in [2.45, 2.75) is 27.3 Å². The molecule has 0 amide bonds. The summed E-state index contributed by atoms with van der Waals surface area (Å²) in [6.07, 6.45) is 0. The summed E-state index contributed by atoms with van der Waals surface area (Å²) in [5, 5.41) is 1.03. The molecule has 0 radical (unpaired) electrons. The highest BCUT2D eigenvalue weighted by molar-refractivity contribution is 7.18.